The third kappa shape index (κ3) is 3.61. The van der Waals surface area contributed by atoms with Crippen LogP contribution in [0.3, 0.4) is 0 Å². The van der Waals surface area contributed by atoms with Crippen LogP contribution in [0, 0.1) is 0 Å². The van der Waals surface area contributed by atoms with Crippen molar-refractivity contribution in [3.05, 3.63) is 23.8 Å². The van der Waals surface area contributed by atoms with Gasteiger partial charge < -0.3 is 26.0 Å². The van der Waals surface area contributed by atoms with E-state index in [1.54, 1.807) is 19.1 Å². The van der Waals surface area contributed by atoms with Crippen molar-refractivity contribution >= 4 is 5.91 Å². The fourth-order valence-electron chi connectivity index (χ4n) is 1.51. The minimum atomic E-state index is -1.25. The van der Waals surface area contributed by atoms with E-state index in [0.717, 1.165) is 0 Å². The fraction of sp³-hybridized carbons (Fsp3) is 0.417. The van der Waals surface area contributed by atoms with Gasteiger partial charge in [0.15, 0.2) is 0 Å². The number of aliphatic hydroxyl groups is 1. The maximum atomic E-state index is 10.7. The van der Waals surface area contributed by atoms with Crippen LogP contribution in [0.4, 0.5) is 0 Å². The number of phenolic OH excluding ortho intramolecular Hbond substituents is 1. The van der Waals surface area contributed by atoms with Crippen molar-refractivity contribution in [2.75, 3.05) is 13.7 Å². The number of hydrogen-bond acceptors (Lipinski definition) is 5. The quantitative estimate of drug-likeness (QED) is 0.567. The molecule has 18 heavy (non-hydrogen) atoms. The molecule has 2 unspecified atom stereocenters. The molecule has 5 N–H and O–H groups in total. The van der Waals surface area contributed by atoms with Crippen molar-refractivity contribution in [2.24, 2.45) is 5.73 Å². The molecule has 1 aromatic carbocycles. The lowest BCUT2D eigenvalue weighted by Crippen LogP contribution is -2.38. The van der Waals surface area contributed by atoms with E-state index < -0.39 is 12.0 Å². The average Bonchev–Trinajstić information content (AvgIpc) is 2.35. The number of ether oxygens (including phenoxy) is 1. The number of rotatable bonds is 6. The van der Waals surface area contributed by atoms with Crippen molar-refractivity contribution in [3.63, 3.8) is 0 Å². The Morgan fingerprint density at radius 1 is 1.56 bits per heavy atom. The number of methoxy groups -OCH3 is 1. The summed E-state index contributed by atoms with van der Waals surface area (Å²) in [4.78, 5) is 10.7. The molecular formula is C12H18N2O4. The van der Waals surface area contributed by atoms with Crippen LogP contribution in [0.5, 0.6) is 11.5 Å². The number of nitrogens with two attached hydrogens (primary N) is 1. The van der Waals surface area contributed by atoms with Gasteiger partial charge in [0.1, 0.15) is 17.6 Å². The second kappa shape index (κ2) is 6.23. The highest BCUT2D eigenvalue weighted by Crippen LogP contribution is 2.28. The molecule has 6 heteroatoms. The Balaban J connectivity index is 2.71. The van der Waals surface area contributed by atoms with Crippen LogP contribution in [0.1, 0.15) is 18.5 Å². The summed E-state index contributed by atoms with van der Waals surface area (Å²) < 4.78 is 5.06. The Hall–Kier alpha value is -1.79. The van der Waals surface area contributed by atoms with E-state index in [4.69, 9.17) is 10.5 Å². The van der Waals surface area contributed by atoms with Crippen molar-refractivity contribution in [1.29, 1.82) is 0 Å². The molecule has 1 amide bonds. The molecule has 0 spiro atoms. The summed E-state index contributed by atoms with van der Waals surface area (Å²) in [6.07, 6.45) is -1.25. The second-order valence-electron chi connectivity index (χ2n) is 3.97. The first kappa shape index (κ1) is 14.3. The van der Waals surface area contributed by atoms with Gasteiger partial charge in [-0.3, -0.25) is 4.79 Å². The second-order valence-corrected chi connectivity index (χ2v) is 3.97. The molecule has 1 rings (SSSR count). The molecular weight excluding hydrogens is 236 g/mol. The first-order valence-electron chi connectivity index (χ1n) is 5.53. The Morgan fingerprint density at radius 2 is 2.22 bits per heavy atom. The van der Waals surface area contributed by atoms with Crippen molar-refractivity contribution in [3.8, 4) is 11.5 Å². The summed E-state index contributed by atoms with van der Waals surface area (Å²) in [5.41, 5.74) is 5.55. The monoisotopic (exact) mass is 254 g/mol. The van der Waals surface area contributed by atoms with Crippen LogP contribution < -0.4 is 15.8 Å². The van der Waals surface area contributed by atoms with Crippen molar-refractivity contribution in [1.82, 2.24) is 5.32 Å². The first-order chi connectivity index (χ1) is 8.45. The Kier molecular flexibility index (Phi) is 4.94. The smallest absolute Gasteiger partial charge is 0.247 e. The van der Waals surface area contributed by atoms with E-state index in [1.807, 2.05) is 0 Å². The van der Waals surface area contributed by atoms with E-state index in [0.29, 0.717) is 11.3 Å². The number of primary amides is 1. The highest BCUT2D eigenvalue weighted by Gasteiger charge is 2.15. The van der Waals surface area contributed by atoms with Crippen molar-refractivity contribution < 1.29 is 19.7 Å². The lowest BCUT2D eigenvalue weighted by Gasteiger charge is -2.17. The summed E-state index contributed by atoms with van der Waals surface area (Å²) in [5.74, 6) is -0.0548. The number of carbonyl (C=O) groups is 1. The summed E-state index contributed by atoms with van der Waals surface area (Å²) in [7, 11) is 1.53. The van der Waals surface area contributed by atoms with Gasteiger partial charge >= 0.3 is 0 Å². The highest BCUT2D eigenvalue weighted by molar-refractivity contribution is 5.78. The van der Waals surface area contributed by atoms with Crippen LogP contribution in [-0.2, 0) is 4.79 Å². The number of benzene rings is 1. The van der Waals surface area contributed by atoms with Crippen LogP contribution in [-0.4, -0.2) is 35.9 Å². The predicted octanol–water partition coefficient (Wildman–Crippen LogP) is -0.102. The number of aromatic hydroxyl groups is 1. The number of hydrogen-bond donors (Lipinski definition) is 4. The van der Waals surface area contributed by atoms with E-state index in [1.165, 1.54) is 13.2 Å². The van der Waals surface area contributed by atoms with Gasteiger partial charge in [-0.1, -0.05) is 0 Å². The van der Waals surface area contributed by atoms with Gasteiger partial charge in [0.05, 0.1) is 7.11 Å². The number of amides is 1. The number of nitrogens with one attached hydrogen (secondary N) is 1. The summed E-state index contributed by atoms with van der Waals surface area (Å²) in [6, 6.07) is 4.60. The van der Waals surface area contributed by atoms with E-state index >= 15 is 0 Å². The third-order valence-electron chi connectivity index (χ3n) is 2.65. The van der Waals surface area contributed by atoms with Gasteiger partial charge in [-0.2, -0.15) is 0 Å². The fourth-order valence-corrected chi connectivity index (χ4v) is 1.51. The van der Waals surface area contributed by atoms with E-state index in [-0.39, 0.29) is 18.3 Å². The van der Waals surface area contributed by atoms with Gasteiger partial charge in [-0.15, -0.1) is 0 Å². The van der Waals surface area contributed by atoms with Crippen LogP contribution in [0.15, 0.2) is 18.2 Å². The van der Waals surface area contributed by atoms with Crippen LogP contribution in [0.25, 0.3) is 0 Å². The minimum Gasteiger partial charge on any atom is -0.508 e. The molecule has 2 atom stereocenters. The van der Waals surface area contributed by atoms with Gasteiger partial charge in [0.25, 0.3) is 0 Å². The number of carbonyl (C=O) groups excluding carboxylic acids is 1. The molecule has 0 saturated carbocycles. The summed E-state index contributed by atoms with van der Waals surface area (Å²) in [6.45, 7) is 1.81. The van der Waals surface area contributed by atoms with Crippen LogP contribution in [0.2, 0.25) is 0 Å². The molecule has 6 nitrogen and oxygen atoms in total. The van der Waals surface area contributed by atoms with Gasteiger partial charge in [0.2, 0.25) is 5.91 Å². The third-order valence-corrected chi connectivity index (χ3v) is 2.65. The lowest BCUT2D eigenvalue weighted by atomic mass is 10.1. The van der Waals surface area contributed by atoms with E-state index in [9.17, 15) is 15.0 Å². The molecule has 0 aliphatic heterocycles. The molecule has 0 aromatic heterocycles. The zero-order valence-corrected chi connectivity index (χ0v) is 10.4. The zero-order valence-electron chi connectivity index (χ0n) is 10.4. The van der Waals surface area contributed by atoms with Crippen molar-refractivity contribution in [2.45, 2.75) is 19.1 Å². The largest absolute Gasteiger partial charge is 0.508 e. The molecule has 100 valence electrons. The topological polar surface area (TPSA) is 105 Å². The molecule has 0 aliphatic carbocycles. The molecule has 0 radical (unpaired) electrons. The number of phenols is 1. The molecule has 0 aliphatic rings. The normalized spacial score (nSPS) is 13.9. The highest BCUT2D eigenvalue weighted by atomic mass is 16.5. The minimum absolute atomic E-state index is 0.0210. The zero-order chi connectivity index (χ0) is 13.7. The van der Waals surface area contributed by atoms with Gasteiger partial charge in [0, 0.05) is 18.2 Å². The summed E-state index contributed by atoms with van der Waals surface area (Å²) >= 11 is 0. The SMILES string of the molecule is COc1ccc(O)c(C(C)NCC(O)C(N)=O)c1. The standard InChI is InChI=1S/C12H18N2O4/c1-7(14-6-11(16)12(13)17)9-5-8(18-2)3-4-10(9)15/h3-5,7,11,14-16H,6H2,1-2H3,(H2,13,17). The van der Waals surface area contributed by atoms with Gasteiger partial charge in [-0.25, -0.2) is 0 Å². The molecule has 1 aromatic rings. The maximum Gasteiger partial charge on any atom is 0.247 e. The lowest BCUT2D eigenvalue weighted by molar-refractivity contribution is -0.125. The Bertz CT molecular complexity index is 423. The maximum absolute atomic E-state index is 10.7. The summed E-state index contributed by atoms with van der Waals surface area (Å²) in [5, 5.41) is 21.9. The van der Waals surface area contributed by atoms with E-state index in [2.05, 4.69) is 5.32 Å². The Morgan fingerprint density at radius 3 is 2.78 bits per heavy atom. The molecule has 0 bridgehead atoms. The number of aliphatic hydroxyl groups excluding tert-OH is 1. The molecule has 0 fully saturated rings. The first-order valence-corrected chi connectivity index (χ1v) is 5.53. The predicted molar refractivity (Wildman–Crippen MR) is 66.3 cm³/mol. The molecule has 0 saturated heterocycles. The Labute approximate surface area is 105 Å². The van der Waals surface area contributed by atoms with Gasteiger partial charge in [-0.05, 0) is 25.1 Å². The van der Waals surface area contributed by atoms with Crippen LogP contribution >= 0.6 is 0 Å². The molecule has 0 heterocycles. The average molecular weight is 254 g/mol.